The number of hydrogen-bond acceptors (Lipinski definition) is 6. The van der Waals surface area contributed by atoms with Crippen molar-refractivity contribution in [1.82, 2.24) is 4.98 Å². The summed E-state index contributed by atoms with van der Waals surface area (Å²) in [5, 5.41) is 3.65. The monoisotopic (exact) mass is 559 g/mol. The van der Waals surface area contributed by atoms with E-state index in [1.165, 1.54) is 29.5 Å². The number of benzene rings is 2. The van der Waals surface area contributed by atoms with Crippen molar-refractivity contribution in [3.63, 3.8) is 0 Å². The van der Waals surface area contributed by atoms with E-state index in [2.05, 4.69) is 106 Å². The van der Waals surface area contributed by atoms with Crippen molar-refractivity contribution in [2.24, 2.45) is 0 Å². The highest BCUT2D eigenvalue weighted by molar-refractivity contribution is 6.74. The van der Waals surface area contributed by atoms with Gasteiger partial charge in [-0.05, 0) is 91.3 Å². The van der Waals surface area contributed by atoms with Crippen LogP contribution in [0.5, 0.6) is 0 Å². The third-order valence-electron chi connectivity index (χ3n) is 8.75. The van der Waals surface area contributed by atoms with Gasteiger partial charge in [0.15, 0.2) is 8.32 Å². The predicted octanol–water partition coefficient (Wildman–Crippen LogP) is 8.25. The standard InChI is InChI=1S/C33H45N3O3Si/c1-23(39-40(7,8)33(2,3)4)24-12-14-27(15-13-24)36(5)28-16-17-29-25(20-28)10-9-11-26(29)21-35-31-22-34-19-18-30(31)32(37)38-6/h12-20,22-23,26,35H,9-11,21H2,1-8H3/t23?,26-/m0/s1. The molecular weight excluding hydrogens is 514 g/mol. The van der Waals surface area contributed by atoms with Gasteiger partial charge in [-0.3, -0.25) is 4.98 Å². The Hall–Kier alpha value is -3.16. The van der Waals surface area contributed by atoms with Gasteiger partial charge in [0.25, 0.3) is 0 Å². The van der Waals surface area contributed by atoms with Gasteiger partial charge in [0.05, 0.1) is 30.7 Å². The van der Waals surface area contributed by atoms with E-state index in [0.29, 0.717) is 17.2 Å². The fourth-order valence-electron chi connectivity index (χ4n) is 5.18. The quantitative estimate of drug-likeness (QED) is 0.210. The molecule has 40 heavy (non-hydrogen) atoms. The Kier molecular flexibility index (Phi) is 9.05. The number of hydrogen-bond donors (Lipinski definition) is 1. The first-order valence-corrected chi connectivity index (χ1v) is 17.2. The van der Waals surface area contributed by atoms with E-state index >= 15 is 0 Å². The number of ether oxygens (including phenoxy) is 1. The van der Waals surface area contributed by atoms with E-state index in [1.807, 2.05) is 0 Å². The van der Waals surface area contributed by atoms with Gasteiger partial charge in [-0.15, -0.1) is 0 Å². The zero-order valence-electron chi connectivity index (χ0n) is 25.4. The van der Waals surface area contributed by atoms with E-state index < -0.39 is 8.32 Å². The molecular formula is C33H45N3O3Si. The van der Waals surface area contributed by atoms with Crippen molar-refractivity contribution in [2.45, 2.75) is 77.1 Å². The first-order valence-electron chi connectivity index (χ1n) is 14.3. The number of esters is 1. The minimum Gasteiger partial charge on any atom is -0.465 e. The first kappa shape index (κ1) is 29.8. The lowest BCUT2D eigenvalue weighted by atomic mass is 9.82. The molecule has 1 N–H and O–H groups in total. The third-order valence-corrected chi connectivity index (χ3v) is 13.3. The van der Waals surface area contributed by atoms with Crippen LogP contribution in [-0.2, 0) is 15.6 Å². The van der Waals surface area contributed by atoms with Gasteiger partial charge in [-0.25, -0.2) is 4.79 Å². The molecule has 4 rings (SSSR count). The fraction of sp³-hybridized carbons (Fsp3) is 0.455. The number of aryl methyl sites for hydroxylation is 1. The second-order valence-electron chi connectivity index (χ2n) is 12.4. The lowest BCUT2D eigenvalue weighted by Gasteiger charge is -2.38. The van der Waals surface area contributed by atoms with E-state index in [1.54, 1.807) is 18.5 Å². The summed E-state index contributed by atoms with van der Waals surface area (Å²) >= 11 is 0. The number of aromatic nitrogens is 1. The molecule has 0 radical (unpaired) electrons. The number of anilines is 3. The van der Waals surface area contributed by atoms with Crippen LogP contribution in [0.1, 0.15) is 79.6 Å². The van der Waals surface area contributed by atoms with Crippen molar-refractivity contribution < 1.29 is 14.0 Å². The van der Waals surface area contributed by atoms with E-state index in [4.69, 9.17) is 9.16 Å². The maximum atomic E-state index is 12.1. The SMILES string of the molecule is COC(=O)c1ccncc1NC[C@@H]1CCCc2cc(N(C)c3ccc(C(C)O[Si](C)(C)C(C)(C)C)cc3)ccc21. The van der Waals surface area contributed by atoms with Gasteiger partial charge >= 0.3 is 5.97 Å². The number of nitrogens with zero attached hydrogens (tertiary/aromatic N) is 2. The van der Waals surface area contributed by atoms with Crippen molar-refractivity contribution in [1.29, 1.82) is 0 Å². The van der Waals surface area contributed by atoms with Crippen molar-refractivity contribution >= 4 is 31.3 Å². The average molecular weight is 560 g/mol. The number of fused-ring (bicyclic) bond motifs is 1. The zero-order chi connectivity index (χ0) is 29.1. The maximum absolute atomic E-state index is 12.1. The molecule has 3 aromatic rings. The third kappa shape index (κ3) is 6.58. The second kappa shape index (κ2) is 12.1. The normalized spacial score (nSPS) is 16.1. The van der Waals surface area contributed by atoms with Crippen LogP contribution in [-0.4, -0.2) is 40.0 Å². The highest BCUT2D eigenvalue weighted by Gasteiger charge is 2.38. The molecule has 0 saturated heterocycles. The number of nitrogens with one attached hydrogen (secondary N) is 1. The summed E-state index contributed by atoms with van der Waals surface area (Å²) in [5.74, 6) is 0.0164. The Morgan fingerprint density at radius 2 is 1.82 bits per heavy atom. The Labute approximate surface area is 241 Å². The van der Waals surface area contributed by atoms with Gasteiger partial charge in [-0.2, -0.15) is 0 Å². The van der Waals surface area contributed by atoms with E-state index in [-0.39, 0.29) is 17.1 Å². The summed E-state index contributed by atoms with van der Waals surface area (Å²) < 4.78 is 11.5. The molecule has 0 spiro atoms. The molecule has 0 fully saturated rings. The Balaban J connectivity index is 1.45. The molecule has 1 aliphatic carbocycles. The minimum atomic E-state index is -1.83. The molecule has 7 heteroatoms. The van der Waals surface area contributed by atoms with E-state index in [9.17, 15) is 4.79 Å². The molecule has 2 atom stereocenters. The topological polar surface area (TPSA) is 63.7 Å². The summed E-state index contributed by atoms with van der Waals surface area (Å²) in [6.45, 7) is 14.4. The minimum absolute atomic E-state index is 0.0740. The lowest BCUT2D eigenvalue weighted by Crippen LogP contribution is -2.41. The maximum Gasteiger partial charge on any atom is 0.340 e. The summed E-state index contributed by atoms with van der Waals surface area (Å²) in [6.07, 6.45) is 6.71. The smallest absolute Gasteiger partial charge is 0.340 e. The predicted molar refractivity (Wildman–Crippen MR) is 167 cm³/mol. The summed E-state index contributed by atoms with van der Waals surface area (Å²) in [6, 6.07) is 17.3. The van der Waals surface area contributed by atoms with Gasteiger partial charge in [0, 0.05) is 37.1 Å². The van der Waals surface area contributed by atoms with Crippen LogP contribution in [0.25, 0.3) is 0 Å². The Bertz CT molecular complexity index is 1320. The zero-order valence-corrected chi connectivity index (χ0v) is 26.4. The average Bonchev–Trinajstić information content (AvgIpc) is 2.94. The van der Waals surface area contributed by atoms with Crippen LogP contribution in [0, 0.1) is 0 Å². The van der Waals surface area contributed by atoms with E-state index in [0.717, 1.165) is 31.5 Å². The Morgan fingerprint density at radius 1 is 1.12 bits per heavy atom. The summed E-state index contributed by atoms with van der Waals surface area (Å²) in [5.41, 5.74) is 7.56. The van der Waals surface area contributed by atoms with Crippen LogP contribution in [0.3, 0.4) is 0 Å². The van der Waals surface area contributed by atoms with Gasteiger partial charge in [-0.1, -0.05) is 39.0 Å². The first-order chi connectivity index (χ1) is 18.9. The van der Waals surface area contributed by atoms with Crippen LogP contribution >= 0.6 is 0 Å². The number of pyridine rings is 1. The number of methoxy groups -OCH3 is 1. The number of carbonyl (C=O) groups is 1. The molecule has 2 aromatic carbocycles. The largest absolute Gasteiger partial charge is 0.465 e. The molecule has 214 valence electrons. The molecule has 6 nitrogen and oxygen atoms in total. The molecule has 0 bridgehead atoms. The van der Waals surface area contributed by atoms with Gasteiger partial charge < -0.3 is 19.4 Å². The molecule has 0 aliphatic heterocycles. The highest BCUT2D eigenvalue weighted by atomic mass is 28.4. The van der Waals surface area contributed by atoms with Crippen molar-refractivity contribution in [3.8, 4) is 0 Å². The van der Waals surface area contributed by atoms with Crippen molar-refractivity contribution in [2.75, 3.05) is 30.9 Å². The number of carbonyl (C=O) groups excluding carboxylic acids is 1. The van der Waals surface area contributed by atoms with Crippen molar-refractivity contribution in [3.05, 3.63) is 83.2 Å². The summed E-state index contributed by atoms with van der Waals surface area (Å²) in [4.78, 5) is 18.6. The van der Waals surface area contributed by atoms with Crippen LogP contribution in [0.4, 0.5) is 17.1 Å². The molecule has 0 amide bonds. The second-order valence-corrected chi connectivity index (χ2v) is 17.2. The van der Waals surface area contributed by atoms with Crippen LogP contribution in [0.2, 0.25) is 18.1 Å². The molecule has 1 heterocycles. The molecule has 1 aliphatic rings. The number of rotatable bonds is 9. The molecule has 1 unspecified atom stereocenters. The fourth-order valence-corrected chi connectivity index (χ4v) is 6.56. The van der Waals surface area contributed by atoms with Crippen LogP contribution in [0.15, 0.2) is 60.9 Å². The van der Waals surface area contributed by atoms with Gasteiger partial charge in [0.2, 0.25) is 0 Å². The summed E-state index contributed by atoms with van der Waals surface area (Å²) in [7, 11) is 1.70. The Morgan fingerprint density at radius 3 is 2.50 bits per heavy atom. The lowest BCUT2D eigenvalue weighted by molar-refractivity contribution is 0.0601. The molecule has 1 aromatic heterocycles. The van der Waals surface area contributed by atoms with Gasteiger partial charge in [0.1, 0.15) is 0 Å². The highest BCUT2D eigenvalue weighted by Crippen LogP contribution is 2.40. The molecule has 0 saturated carbocycles. The van der Waals surface area contributed by atoms with Crippen LogP contribution < -0.4 is 10.2 Å².